The molecule has 184 valence electrons. The number of carbonyl (C=O) groups excluding carboxylic acids is 1. The summed E-state index contributed by atoms with van der Waals surface area (Å²) in [6, 6.07) is 2.91. The number of likely N-dealkylation sites (N-methyl/N-ethyl adjacent to an activating group) is 1. The Labute approximate surface area is 202 Å². The molecule has 4 heterocycles. The third kappa shape index (κ3) is 4.80. The summed E-state index contributed by atoms with van der Waals surface area (Å²) in [7, 11) is 3.73. The third-order valence-corrected chi connectivity index (χ3v) is 5.70. The van der Waals surface area contributed by atoms with Crippen molar-refractivity contribution >= 4 is 23.6 Å². The Balaban J connectivity index is 1.83. The summed E-state index contributed by atoms with van der Waals surface area (Å²) in [6.07, 6.45) is 7.44. The fraction of sp³-hybridized carbons (Fsp3) is 0.333. The summed E-state index contributed by atoms with van der Waals surface area (Å²) in [5.74, 6) is 0.624. The lowest BCUT2D eigenvalue weighted by Crippen LogP contribution is -2.27. The molecule has 4 N–H and O–H groups in total. The summed E-state index contributed by atoms with van der Waals surface area (Å²) >= 11 is 0. The fourth-order valence-corrected chi connectivity index (χ4v) is 4.03. The van der Waals surface area contributed by atoms with Crippen molar-refractivity contribution in [3.05, 3.63) is 53.9 Å². The number of aromatic nitrogens is 5. The van der Waals surface area contributed by atoms with Crippen molar-refractivity contribution in [1.82, 2.24) is 29.5 Å². The van der Waals surface area contributed by atoms with Crippen LogP contribution in [0.3, 0.4) is 0 Å². The number of aryl methyl sites for hydroxylation is 1. The number of nitrogens with zero attached hydrogens (tertiary/aromatic N) is 5. The molecular formula is C24H29FN8O2. The molecule has 0 aliphatic rings. The molecule has 0 radical (unpaired) electrons. The monoisotopic (exact) mass is 480 g/mol. The van der Waals surface area contributed by atoms with E-state index in [1.807, 2.05) is 51.0 Å². The van der Waals surface area contributed by atoms with Gasteiger partial charge in [0.1, 0.15) is 23.6 Å². The first kappa shape index (κ1) is 24.1. The van der Waals surface area contributed by atoms with Crippen LogP contribution in [-0.4, -0.2) is 50.1 Å². The molecule has 0 aromatic carbocycles. The van der Waals surface area contributed by atoms with Gasteiger partial charge in [0.15, 0.2) is 11.9 Å². The highest BCUT2D eigenvalue weighted by Gasteiger charge is 2.24. The number of fused-ring (bicyclic) bond motifs is 1. The van der Waals surface area contributed by atoms with E-state index in [1.165, 1.54) is 16.8 Å². The fourth-order valence-electron chi connectivity index (χ4n) is 4.03. The largest absolute Gasteiger partial charge is 0.473 e. The molecule has 2 unspecified atom stereocenters. The van der Waals surface area contributed by atoms with Crippen LogP contribution < -0.4 is 21.1 Å². The van der Waals surface area contributed by atoms with Gasteiger partial charge in [0.25, 0.3) is 0 Å². The summed E-state index contributed by atoms with van der Waals surface area (Å²) < 4.78 is 23.6. The second kappa shape index (κ2) is 10.1. The maximum absolute atomic E-state index is 14.3. The van der Waals surface area contributed by atoms with Gasteiger partial charge in [-0.15, -0.1) is 0 Å². The number of hydrogen-bond acceptors (Lipinski definition) is 8. The van der Waals surface area contributed by atoms with Gasteiger partial charge in [0.05, 0.1) is 29.6 Å². The predicted octanol–water partition coefficient (Wildman–Crippen LogP) is 3.21. The second-order valence-electron chi connectivity index (χ2n) is 8.38. The molecule has 0 bridgehead atoms. The molecule has 11 heteroatoms. The number of nitrogens with two attached hydrogens (primary N) is 1. The number of hydrogen-bond donors (Lipinski definition) is 3. The maximum atomic E-state index is 14.3. The molecule has 0 saturated heterocycles. The van der Waals surface area contributed by atoms with E-state index in [0.717, 1.165) is 11.8 Å². The first-order valence-corrected chi connectivity index (χ1v) is 11.3. The zero-order valence-electron chi connectivity index (χ0n) is 20.1. The van der Waals surface area contributed by atoms with Gasteiger partial charge in [-0.25, -0.2) is 14.4 Å². The molecule has 0 fully saturated rings. The van der Waals surface area contributed by atoms with Crippen molar-refractivity contribution in [3.8, 4) is 17.0 Å². The van der Waals surface area contributed by atoms with Crippen LogP contribution >= 0.6 is 0 Å². The predicted molar refractivity (Wildman–Crippen MR) is 132 cm³/mol. The normalized spacial score (nSPS) is 13.1. The van der Waals surface area contributed by atoms with Gasteiger partial charge in [-0.3, -0.25) is 4.79 Å². The second-order valence-corrected chi connectivity index (χ2v) is 8.38. The first-order valence-electron chi connectivity index (χ1n) is 11.3. The molecule has 0 aliphatic heterocycles. The van der Waals surface area contributed by atoms with E-state index in [-0.39, 0.29) is 6.10 Å². The summed E-state index contributed by atoms with van der Waals surface area (Å²) in [5.41, 5.74) is 9.15. The zero-order chi connectivity index (χ0) is 25.1. The number of aldehydes is 1. The van der Waals surface area contributed by atoms with E-state index in [0.29, 0.717) is 59.1 Å². The first-order chi connectivity index (χ1) is 16.9. The van der Waals surface area contributed by atoms with Crippen LogP contribution in [0.4, 0.5) is 16.0 Å². The van der Waals surface area contributed by atoms with Gasteiger partial charge in [0.2, 0.25) is 5.88 Å². The van der Waals surface area contributed by atoms with E-state index in [4.69, 9.17) is 15.5 Å². The minimum Gasteiger partial charge on any atom is -0.473 e. The topological polar surface area (TPSA) is 124 Å². The van der Waals surface area contributed by atoms with Crippen LogP contribution in [0.15, 0.2) is 36.9 Å². The number of ether oxygens (including phenoxy) is 1. The van der Waals surface area contributed by atoms with Gasteiger partial charge in [0, 0.05) is 37.1 Å². The number of anilines is 2. The van der Waals surface area contributed by atoms with Crippen molar-refractivity contribution < 1.29 is 13.9 Å². The van der Waals surface area contributed by atoms with Gasteiger partial charge >= 0.3 is 0 Å². The number of pyridine rings is 1. The van der Waals surface area contributed by atoms with E-state index in [2.05, 4.69) is 20.7 Å². The van der Waals surface area contributed by atoms with Gasteiger partial charge in [-0.1, -0.05) is 6.92 Å². The zero-order valence-corrected chi connectivity index (χ0v) is 20.1. The van der Waals surface area contributed by atoms with E-state index in [9.17, 15) is 9.18 Å². The molecular weight excluding hydrogens is 451 g/mol. The Kier molecular flexibility index (Phi) is 6.97. The molecule has 0 saturated carbocycles. The van der Waals surface area contributed by atoms with Crippen LogP contribution in [0.25, 0.3) is 16.8 Å². The minimum atomic E-state index is -0.473. The smallest absolute Gasteiger partial charge is 0.219 e. The lowest BCUT2D eigenvalue weighted by atomic mass is 10.0. The molecule has 2 atom stereocenters. The third-order valence-electron chi connectivity index (χ3n) is 5.70. The molecule has 0 aliphatic carbocycles. The number of nitrogens with one attached hydrogen (secondary N) is 2. The number of halogens is 1. The van der Waals surface area contributed by atoms with Crippen LogP contribution in [0, 0.1) is 5.82 Å². The molecule has 0 spiro atoms. The molecule has 4 rings (SSSR count). The quantitative estimate of drug-likeness (QED) is 0.296. The Morgan fingerprint density at radius 3 is 2.80 bits per heavy atom. The summed E-state index contributed by atoms with van der Waals surface area (Å²) in [4.78, 5) is 20.5. The highest BCUT2D eigenvalue weighted by molar-refractivity contribution is 5.90. The van der Waals surface area contributed by atoms with Crippen molar-refractivity contribution in [2.45, 2.75) is 32.4 Å². The van der Waals surface area contributed by atoms with E-state index >= 15 is 0 Å². The van der Waals surface area contributed by atoms with E-state index < -0.39 is 11.9 Å². The van der Waals surface area contributed by atoms with Gasteiger partial charge in [-0.2, -0.15) is 9.61 Å². The maximum Gasteiger partial charge on any atom is 0.219 e. The molecule has 4 aromatic rings. The molecule has 0 amide bonds. The highest BCUT2D eigenvalue weighted by Crippen LogP contribution is 2.37. The highest BCUT2D eigenvalue weighted by atomic mass is 19.1. The van der Waals surface area contributed by atoms with Crippen LogP contribution in [0.1, 0.15) is 42.2 Å². The number of carbonyl (C=O) groups is 1. The van der Waals surface area contributed by atoms with Crippen molar-refractivity contribution in [2.24, 2.45) is 7.05 Å². The van der Waals surface area contributed by atoms with Crippen molar-refractivity contribution in [1.29, 1.82) is 0 Å². The van der Waals surface area contributed by atoms with Crippen molar-refractivity contribution in [2.75, 3.05) is 24.6 Å². The standard InChI is InChI=1S/C24H29FN8O2/c1-5-19(18-8-17(25)11-28-24(18)35-14(2)9-27-3)30-22-20(15-6-7-32(4)12-15)21(26)33-23(31-22)16(13-34)10-29-33/h6-8,10-14,19,27H,5,9,26H2,1-4H3,(H,30,31). The summed E-state index contributed by atoms with van der Waals surface area (Å²) in [5, 5.41) is 10.7. The Bertz CT molecular complexity index is 1350. The Hall–Kier alpha value is -3.99. The lowest BCUT2D eigenvalue weighted by molar-refractivity contribution is 0.112. The Morgan fingerprint density at radius 1 is 1.34 bits per heavy atom. The van der Waals surface area contributed by atoms with Gasteiger partial charge < -0.3 is 25.7 Å². The van der Waals surface area contributed by atoms with Crippen LogP contribution in [-0.2, 0) is 7.05 Å². The van der Waals surface area contributed by atoms with Crippen LogP contribution in [0.5, 0.6) is 5.88 Å². The molecule has 10 nitrogen and oxygen atoms in total. The average molecular weight is 481 g/mol. The molecule has 35 heavy (non-hydrogen) atoms. The lowest BCUT2D eigenvalue weighted by Gasteiger charge is -2.24. The van der Waals surface area contributed by atoms with Crippen molar-refractivity contribution in [3.63, 3.8) is 0 Å². The SMILES string of the molecule is CCC(Nc1nc2c(C=O)cnn2c(N)c1-c1ccn(C)c1)c1cc(F)cnc1OC(C)CNC. The molecule has 4 aromatic heterocycles. The van der Waals surface area contributed by atoms with Crippen LogP contribution in [0.2, 0.25) is 0 Å². The minimum absolute atomic E-state index is 0.179. The number of nitrogen functional groups attached to an aromatic ring is 1. The van der Waals surface area contributed by atoms with Gasteiger partial charge in [-0.05, 0) is 32.5 Å². The summed E-state index contributed by atoms with van der Waals surface area (Å²) in [6.45, 7) is 4.47. The number of rotatable bonds is 10. The van der Waals surface area contributed by atoms with E-state index in [1.54, 1.807) is 0 Å². The average Bonchev–Trinajstić information content (AvgIpc) is 3.45. The Morgan fingerprint density at radius 2 is 2.14 bits per heavy atom.